The van der Waals surface area contributed by atoms with Crippen molar-refractivity contribution in [2.45, 2.75) is 31.5 Å². The van der Waals surface area contributed by atoms with Crippen LogP contribution in [-0.4, -0.2) is 22.4 Å². The molecule has 0 bridgehead atoms. The number of aliphatic hydroxyl groups is 2. The molecule has 0 spiro atoms. The van der Waals surface area contributed by atoms with Crippen LogP contribution >= 0.6 is 0 Å². The molecule has 0 aliphatic heterocycles. The van der Waals surface area contributed by atoms with E-state index in [0.29, 0.717) is 0 Å². The van der Waals surface area contributed by atoms with Crippen LogP contribution in [0.1, 0.15) is 25.0 Å². The van der Waals surface area contributed by atoms with Crippen LogP contribution in [0.15, 0.2) is 97.1 Å². The third kappa shape index (κ3) is 2.08. The summed E-state index contributed by atoms with van der Waals surface area (Å²) in [5, 5.41) is 22.7. The molecular weight excluding hydrogens is 356 g/mol. The Bertz CT molecular complexity index is 1000. The van der Waals surface area contributed by atoms with Gasteiger partial charge in [0.2, 0.25) is 0 Å². The number of rotatable bonds is 2. The standard InChI is InChI=1S/C27H26O2/c1-25(17-9-7-15-23(25)28)27(26(2)18-10-8-16-24(26)29)21-13-5-3-11-19(21)20-12-4-6-14-22(20)27/h3-18,23-24,28-29H,1-2H3. The third-order valence-electron chi connectivity index (χ3n) is 7.49. The zero-order valence-electron chi connectivity index (χ0n) is 16.8. The monoisotopic (exact) mass is 382 g/mol. The number of benzene rings is 2. The van der Waals surface area contributed by atoms with Crippen molar-refractivity contribution in [1.29, 1.82) is 0 Å². The molecule has 4 atom stereocenters. The molecule has 0 aromatic heterocycles. The van der Waals surface area contributed by atoms with Gasteiger partial charge >= 0.3 is 0 Å². The molecule has 5 rings (SSSR count). The van der Waals surface area contributed by atoms with Crippen LogP contribution in [0.3, 0.4) is 0 Å². The topological polar surface area (TPSA) is 40.5 Å². The second-order valence-corrected chi connectivity index (χ2v) is 8.78. The molecule has 4 unspecified atom stereocenters. The van der Waals surface area contributed by atoms with Gasteiger partial charge in [0.1, 0.15) is 0 Å². The second kappa shape index (κ2) is 6.16. The van der Waals surface area contributed by atoms with Crippen LogP contribution in [0.5, 0.6) is 0 Å². The molecular formula is C27H26O2. The smallest absolute Gasteiger partial charge is 0.0824 e. The van der Waals surface area contributed by atoms with Gasteiger partial charge in [0.25, 0.3) is 0 Å². The van der Waals surface area contributed by atoms with Crippen molar-refractivity contribution in [3.05, 3.63) is 108 Å². The molecule has 3 aliphatic carbocycles. The number of hydrogen-bond donors (Lipinski definition) is 2. The normalized spacial score (nSPS) is 33.5. The van der Waals surface area contributed by atoms with Gasteiger partial charge in [-0.1, -0.05) is 111 Å². The van der Waals surface area contributed by atoms with Crippen molar-refractivity contribution >= 4 is 0 Å². The summed E-state index contributed by atoms with van der Waals surface area (Å²) < 4.78 is 0. The van der Waals surface area contributed by atoms with Gasteiger partial charge in [0, 0.05) is 16.2 Å². The average Bonchev–Trinajstić information content (AvgIpc) is 3.05. The first-order valence-corrected chi connectivity index (χ1v) is 10.2. The Morgan fingerprint density at radius 3 is 1.45 bits per heavy atom. The highest BCUT2D eigenvalue weighted by Gasteiger charge is 2.66. The zero-order valence-corrected chi connectivity index (χ0v) is 16.8. The minimum absolute atomic E-state index is 0.657. The summed E-state index contributed by atoms with van der Waals surface area (Å²) in [5.41, 5.74) is 2.69. The van der Waals surface area contributed by atoms with Gasteiger partial charge in [-0.15, -0.1) is 0 Å². The largest absolute Gasteiger partial charge is 0.388 e. The second-order valence-electron chi connectivity index (χ2n) is 8.78. The van der Waals surface area contributed by atoms with Crippen LogP contribution in [0.2, 0.25) is 0 Å². The maximum Gasteiger partial charge on any atom is 0.0824 e. The van der Waals surface area contributed by atoms with E-state index in [4.69, 9.17) is 0 Å². The van der Waals surface area contributed by atoms with Crippen LogP contribution in [-0.2, 0) is 5.41 Å². The molecule has 2 aromatic rings. The van der Waals surface area contributed by atoms with Gasteiger partial charge in [-0.25, -0.2) is 0 Å². The Labute approximate surface area is 172 Å². The molecule has 0 radical (unpaired) electrons. The first-order chi connectivity index (χ1) is 14.0. The van der Waals surface area contributed by atoms with Crippen LogP contribution in [0.25, 0.3) is 11.1 Å². The first-order valence-electron chi connectivity index (χ1n) is 10.2. The summed E-state index contributed by atoms with van der Waals surface area (Å²) in [7, 11) is 0. The SMILES string of the molecule is CC1(C2(C3(C)C=CC=CC3O)c3ccccc3-c3ccccc32)C=CC=CC1O. The fourth-order valence-corrected chi connectivity index (χ4v) is 6.12. The molecule has 0 fully saturated rings. The van der Waals surface area contributed by atoms with E-state index in [9.17, 15) is 10.2 Å². The van der Waals surface area contributed by atoms with Gasteiger partial charge in [-0.3, -0.25) is 0 Å². The quantitative estimate of drug-likeness (QED) is 0.772. The molecule has 146 valence electrons. The molecule has 0 saturated heterocycles. The predicted octanol–water partition coefficient (Wildman–Crippen LogP) is 4.94. The minimum Gasteiger partial charge on any atom is -0.388 e. The minimum atomic E-state index is -0.685. The highest BCUT2D eigenvalue weighted by atomic mass is 16.3. The Morgan fingerprint density at radius 1 is 0.621 bits per heavy atom. The Kier molecular flexibility index (Phi) is 3.90. The lowest BCUT2D eigenvalue weighted by Gasteiger charge is -2.59. The van der Waals surface area contributed by atoms with E-state index in [1.165, 1.54) is 11.1 Å². The Hall–Kier alpha value is -2.68. The molecule has 2 N–H and O–H groups in total. The Balaban J connectivity index is 1.97. The van der Waals surface area contributed by atoms with Crippen molar-refractivity contribution < 1.29 is 10.2 Å². The van der Waals surface area contributed by atoms with E-state index in [1.807, 2.05) is 36.5 Å². The van der Waals surface area contributed by atoms with E-state index in [0.717, 1.165) is 11.1 Å². The van der Waals surface area contributed by atoms with E-state index in [1.54, 1.807) is 0 Å². The van der Waals surface area contributed by atoms with Gasteiger partial charge in [0.15, 0.2) is 0 Å². The van der Waals surface area contributed by atoms with E-state index in [2.05, 4.69) is 74.5 Å². The average molecular weight is 383 g/mol. The van der Waals surface area contributed by atoms with Gasteiger partial charge in [-0.05, 0) is 22.3 Å². The van der Waals surface area contributed by atoms with Crippen molar-refractivity contribution in [3.63, 3.8) is 0 Å². The number of hydrogen-bond acceptors (Lipinski definition) is 2. The molecule has 0 amide bonds. The summed E-state index contributed by atoms with van der Waals surface area (Å²) in [6.07, 6.45) is 14.5. The molecule has 2 aromatic carbocycles. The number of allylic oxidation sites excluding steroid dienone is 4. The van der Waals surface area contributed by atoms with E-state index < -0.39 is 28.5 Å². The molecule has 2 heteroatoms. The fourth-order valence-electron chi connectivity index (χ4n) is 6.12. The lowest BCUT2D eigenvalue weighted by Crippen LogP contribution is -2.61. The molecule has 3 aliphatic rings. The maximum atomic E-state index is 11.4. The van der Waals surface area contributed by atoms with Gasteiger partial charge in [-0.2, -0.15) is 0 Å². The van der Waals surface area contributed by atoms with Crippen molar-refractivity contribution in [1.82, 2.24) is 0 Å². The number of aliphatic hydroxyl groups excluding tert-OH is 2. The summed E-state index contributed by atoms with van der Waals surface area (Å²) in [5.74, 6) is 0. The van der Waals surface area contributed by atoms with Crippen molar-refractivity contribution in [3.8, 4) is 11.1 Å². The Morgan fingerprint density at radius 2 is 1.03 bits per heavy atom. The first kappa shape index (κ1) is 18.4. The van der Waals surface area contributed by atoms with Gasteiger partial charge in [0.05, 0.1) is 12.2 Å². The van der Waals surface area contributed by atoms with Crippen LogP contribution in [0, 0.1) is 10.8 Å². The highest BCUT2D eigenvalue weighted by molar-refractivity contribution is 5.83. The lowest BCUT2D eigenvalue weighted by atomic mass is 9.44. The summed E-state index contributed by atoms with van der Waals surface area (Å²) >= 11 is 0. The highest BCUT2D eigenvalue weighted by Crippen LogP contribution is 2.68. The lowest BCUT2D eigenvalue weighted by molar-refractivity contribution is -0.0335. The summed E-state index contributed by atoms with van der Waals surface area (Å²) in [4.78, 5) is 0. The van der Waals surface area contributed by atoms with E-state index in [-0.39, 0.29) is 0 Å². The van der Waals surface area contributed by atoms with Crippen molar-refractivity contribution in [2.75, 3.05) is 0 Å². The molecule has 2 nitrogen and oxygen atoms in total. The summed E-state index contributed by atoms with van der Waals surface area (Å²) in [6, 6.07) is 16.9. The zero-order chi connectivity index (χ0) is 20.3. The molecule has 0 heterocycles. The van der Waals surface area contributed by atoms with Crippen LogP contribution < -0.4 is 0 Å². The number of fused-ring (bicyclic) bond motifs is 3. The maximum absolute atomic E-state index is 11.4. The van der Waals surface area contributed by atoms with Crippen LogP contribution in [0.4, 0.5) is 0 Å². The summed E-state index contributed by atoms with van der Waals surface area (Å²) in [6.45, 7) is 4.25. The van der Waals surface area contributed by atoms with E-state index >= 15 is 0 Å². The predicted molar refractivity (Wildman–Crippen MR) is 117 cm³/mol. The third-order valence-corrected chi connectivity index (χ3v) is 7.49. The fraction of sp³-hybridized carbons (Fsp3) is 0.259. The molecule has 0 saturated carbocycles. The molecule has 29 heavy (non-hydrogen) atoms. The van der Waals surface area contributed by atoms with Crippen molar-refractivity contribution in [2.24, 2.45) is 10.8 Å². The van der Waals surface area contributed by atoms with Gasteiger partial charge < -0.3 is 10.2 Å².